The van der Waals surface area contributed by atoms with Crippen LogP contribution in [-0.4, -0.2) is 25.8 Å². The van der Waals surface area contributed by atoms with Crippen LogP contribution in [0.1, 0.15) is 32.6 Å². The van der Waals surface area contributed by atoms with Crippen molar-refractivity contribution in [1.82, 2.24) is 4.31 Å². The van der Waals surface area contributed by atoms with E-state index in [2.05, 4.69) is 6.92 Å². The van der Waals surface area contributed by atoms with Crippen molar-refractivity contribution in [3.8, 4) is 0 Å². The fourth-order valence-electron chi connectivity index (χ4n) is 2.62. The molecule has 1 saturated heterocycles. The third kappa shape index (κ3) is 3.27. The zero-order chi connectivity index (χ0) is 14.8. The zero-order valence-electron chi connectivity index (χ0n) is 11.7. The first-order chi connectivity index (χ1) is 9.45. The van der Waals surface area contributed by atoms with E-state index in [1.807, 2.05) is 0 Å². The smallest absolute Gasteiger partial charge is 0.243 e. The molecule has 0 saturated carbocycles. The van der Waals surface area contributed by atoms with Gasteiger partial charge in [-0.25, -0.2) is 8.42 Å². The van der Waals surface area contributed by atoms with E-state index in [-0.39, 0.29) is 4.90 Å². The maximum Gasteiger partial charge on any atom is 0.243 e. The molecule has 1 atom stereocenters. The summed E-state index contributed by atoms with van der Waals surface area (Å²) in [6.45, 7) is 3.33. The van der Waals surface area contributed by atoms with Crippen molar-refractivity contribution >= 4 is 27.3 Å². The van der Waals surface area contributed by atoms with E-state index >= 15 is 0 Å². The lowest BCUT2D eigenvalue weighted by Crippen LogP contribution is -2.32. The Kier molecular flexibility index (Phi) is 4.94. The monoisotopic (exact) mass is 316 g/mol. The van der Waals surface area contributed by atoms with Gasteiger partial charge in [0.15, 0.2) is 0 Å². The van der Waals surface area contributed by atoms with E-state index in [1.54, 1.807) is 4.31 Å². The molecule has 1 aromatic carbocycles. The SMILES string of the molecule is CCC1CCCN(S(=O)(=O)c2ccc(Cl)c(N)c2)CC1. The molecule has 1 unspecified atom stereocenters. The zero-order valence-corrected chi connectivity index (χ0v) is 13.3. The summed E-state index contributed by atoms with van der Waals surface area (Å²) < 4.78 is 26.8. The molecule has 6 heteroatoms. The Morgan fingerprint density at radius 1 is 1.35 bits per heavy atom. The minimum atomic E-state index is -3.46. The summed E-state index contributed by atoms with van der Waals surface area (Å²) in [7, 11) is -3.46. The lowest BCUT2D eigenvalue weighted by molar-refractivity contribution is 0.407. The number of benzene rings is 1. The van der Waals surface area contributed by atoms with Gasteiger partial charge in [0.25, 0.3) is 0 Å². The number of sulfonamides is 1. The molecule has 1 aliphatic heterocycles. The second kappa shape index (κ2) is 6.33. The first-order valence-electron chi connectivity index (χ1n) is 7.00. The predicted molar refractivity (Wildman–Crippen MR) is 82.3 cm³/mol. The van der Waals surface area contributed by atoms with Crippen molar-refractivity contribution in [2.45, 2.75) is 37.5 Å². The van der Waals surface area contributed by atoms with Crippen LogP contribution in [0.15, 0.2) is 23.1 Å². The van der Waals surface area contributed by atoms with Crippen LogP contribution in [0.5, 0.6) is 0 Å². The van der Waals surface area contributed by atoms with Crippen LogP contribution in [0, 0.1) is 5.92 Å². The Labute approximate surface area is 126 Å². The van der Waals surface area contributed by atoms with Gasteiger partial charge in [-0.2, -0.15) is 4.31 Å². The largest absolute Gasteiger partial charge is 0.397 e. The molecular formula is C14H21ClN2O2S. The summed E-state index contributed by atoms with van der Waals surface area (Å²) in [6.07, 6.45) is 4.06. The molecule has 2 N–H and O–H groups in total. The number of hydrogen-bond donors (Lipinski definition) is 1. The third-order valence-corrected chi connectivity index (χ3v) is 6.23. The van der Waals surface area contributed by atoms with Gasteiger partial charge < -0.3 is 5.73 Å². The highest BCUT2D eigenvalue weighted by Crippen LogP contribution is 2.27. The lowest BCUT2D eigenvalue weighted by Gasteiger charge is -2.20. The van der Waals surface area contributed by atoms with Gasteiger partial charge in [0.05, 0.1) is 15.6 Å². The van der Waals surface area contributed by atoms with Crippen molar-refractivity contribution < 1.29 is 8.42 Å². The molecule has 1 fully saturated rings. The topological polar surface area (TPSA) is 63.4 Å². The second-order valence-corrected chi connectivity index (χ2v) is 7.64. The highest BCUT2D eigenvalue weighted by atomic mass is 35.5. The van der Waals surface area contributed by atoms with Crippen LogP contribution in [-0.2, 0) is 10.0 Å². The van der Waals surface area contributed by atoms with Crippen LogP contribution in [0.3, 0.4) is 0 Å². The van der Waals surface area contributed by atoms with Crippen molar-refractivity contribution in [1.29, 1.82) is 0 Å². The summed E-state index contributed by atoms with van der Waals surface area (Å²) >= 11 is 5.85. The van der Waals surface area contributed by atoms with Crippen LogP contribution in [0.25, 0.3) is 0 Å². The van der Waals surface area contributed by atoms with Crippen LogP contribution in [0.4, 0.5) is 5.69 Å². The lowest BCUT2D eigenvalue weighted by atomic mass is 9.98. The van der Waals surface area contributed by atoms with Gasteiger partial charge >= 0.3 is 0 Å². The molecule has 0 bridgehead atoms. The summed E-state index contributed by atoms with van der Waals surface area (Å²) in [5, 5.41) is 0.380. The fraction of sp³-hybridized carbons (Fsp3) is 0.571. The number of hydrogen-bond acceptors (Lipinski definition) is 3. The van der Waals surface area contributed by atoms with Crippen LogP contribution in [0.2, 0.25) is 5.02 Å². The minimum absolute atomic E-state index is 0.231. The average Bonchev–Trinajstić information content (AvgIpc) is 2.67. The Bertz CT molecular complexity index is 575. The molecule has 0 aromatic heterocycles. The number of nitrogens with zero attached hydrogens (tertiary/aromatic N) is 1. The molecule has 20 heavy (non-hydrogen) atoms. The second-order valence-electron chi connectivity index (χ2n) is 5.29. The predicted octanol–water partition coefficient (Wildman–Crippen LogP) is 3.12. The van der Waals surface area contributed by atoms with Crippen LogP contribution < -0.4 is 5.73 Å². The number of halogens is 1. The van der Waals surface area contributed by atoms with Crippen molar-refractivity contribution in [3.05, 3.63) is 23.2 Å². The standard InChI is InChI=1S/C14H21ClN2O2S/c1-2-11-4-3-8-17(9-7-11)20(18,19)12-5-6-13(15)14(16)10-12/h5-6,10-11H,2-4,7-9,16H2,1H3. The third-order valence-electron chi connectivity index (χ3n) is 3.99. The van der Waals surface area contributed by atoms with Gasteiger partial charge in [0.2, 0.25) is 10.0 Å². The van der Waals surface area contributed by atoms with Crippen molar-refractivity contribution in [2.75, 3.05) is 18.8 Å². The van der Waals surface area contributed by atoms with E-state index < -0.39 is 10.0 Å². The van der Waals surface area contributed by atoms with Crippen molar-refractivity contribution in [3.63, 3.8) is 0 Å². The normalized spacial score (nSPS) is 21.6. The number of rotatable bonds is 3. The molecule has 0 aliphatic carbocycles. The minimum Gasteiger partial charge on any atom is -0.397 e. The quantitative estimate of drug-likeness (QED) is 0.871. The molecule has 0 spiro atoms. The summed E-state index contributed by atoms with van der Waals surface area (Å²) in [5.74, 6) is 0.630. The Morgan fingerprint density at radius 3 is 2.75 bits per heavy atom. The van der Waals surface area contributed by atoms with Gasteiger partial charge in [-0.3, -0.25) is 0 Å². The molecule has 0 amide bonds. The number of nitrogens with two attached hydrogens (primary N) is 1. The molecule has 112 valence electrons. The summed E-state index contributed by atoms with van der Waals surface area (Å²) in [5.41, 5.74) is 6.01. The van der Waals surface area contributed by atoms with E-state index in [9.17, 15) is 8.42 Å². The van der Waals surface area contributed by atoms with Crippen molar-refractivity contribution in [2.24, 2.45) is 5.92 Å². The first-order valence-corrected chi connectivity index (χ1v) is 8.82. The first kappa shape index (κ1) is 15.6. The highest BCUT2D eigenvalue weighted by Gasteiger charge is 2.27. The molecule has 2 rings (SSSR count). The van der Waals surface area contributed by atoms with Gasteiger partial charge in [-0.05, 0) is 43.4 Å². The Morgan fingerprint density at radius 2 is 2.10 bits per heavy atom. The Balaban J connectivity index is 2.23. The molecule has 1 aliphatic rings. The van der Waals surface area contributed by atoms with Gasteiger partial charge in [-0.1, -0.05) is 24.9 Å². The molecule has 1 heterocycles. The van der Waals surface area contributed by atoms with E-state index in [1.165, 1.54) is 18.2 Å². The highest BCUT2D eigenvalue weighted by molar-refractivity contribution is 7.89. The molecule has 4 nitrogen and oxygen atoms in total. The summed E-state index contributed by atoms with van der Waals surface area (Å²) in [6, 6.07) is 4.51. The molecular weight excluding hydrogens is 296 g/mol. The van der Waals surface area contributed by atoms with Gasteiger partial charge in [0.1, 0.15) is 0 Å². The van der Waals surface area contributed by atoms with Gasteiger partial charge in [0, 0.05) is 13.1 Å². The maximum atomic E-state index is 12.6. The maximum absolute atomic E-state index is 12.6. The average molecular weight is 317 g/mol. The summed E-state index contributed by atoms with van der Waals surface area (Å²) in [4.78, 5) is 0.231. The van der Waals surface area contributed by atoms with Gasteiger partial charge in [-0.15, -0.1) is 0 Å². The number of nitrogen functional groups attached to an aromatic ring is 1. The van der Waals surface area contributed by atoms with E-state index in [4.69, 9.17) is 17.3 Å². The van der Waals surface area contributed by atoms with Crippen LogP contribution >= 0.6 is 11.6 Å². The van der Waals surface area contributed by atoms with E-state index in [0.717, 1.165) is 25.7 Å². The number of anilines is 1. The Hall–Kier alpha value is -0.780. The van der Waals surface area contributed by atoms with E-state index in [0.29, 0.717) is 29.7 Å². The molecule has 1 aromatic rings. The molecule has 0 radical (unpaired) electrons. The fourth-order valence-corrected chi connectivity index (χ4v) is 4.27.